The average molecular weight is 288 g/mol. The fourth-order valence-corrected chi connectivity index (χ4v) is 4.64. The number of nitrogens with one attached hydrogen (secondary N) is 1. The molecule has 0 amide bonds. The summed E-state index contributed by atoms with van der Waals surface area (Å²) >= 11 is 0. The predicted molar refractivity (Wildman–Crippen MR) is 78.6 cm³/mol. The monoisotopic (exact) mass is 288 g/mol. The van der Waals surface area contributed by atoms with E-state index in [4.69, 9.17) is 0 Å². The third-order valence-corrected chi connectivity index (χ3v) is 5.89. The summed E-state index contributed by atoms with van der Waals surface area (Å²) in [5, 5.41) is 3.31. The van der Waals surface area contributed by atoms with Gasteiger partial charge in [0.2, 0.25) is 10.0 Å². The molecule has 2 rings (SSSR count). The van der Waals surface area contributed by atoms with Crippen LogP contribution in [0.5, 0.6) is 0 Å². The standard InChI is InChI=1S/C14H28N2O2S/c1-12(2)11-16(14-5-3-4-6-14)19(17,18)10-9-15-13-7-8-13/h12-15H,3-11H2,1-2H3. The van der Waals surface area contributed by atoms with Gasteiger partial charge >= 0.3 is 0 Å². The highest BCUT2D eigenvalue weighted by Crippen LogP contribution is 2.26. The fourth-order valence-electron chi connectivity index (χ4n) is 2.84. The number of nitrogens with zero attached hydrogens (tertiary/aromatic N) is 1. The first kappa shape index (κ1) is 15.3. The molecule has 0 aromatic rings. The van der Waals surface area contributed by atoms with Gasteiger partial charge in [-0.15, -0.1) is 0 Å². The fraction of sp³-hybridized carbons (Fsp3) is 1.00. The van der Waals surface area contributed by atoms with Gasteiger partial charge in [0.15, 0.2) is 0 Å². The van der Waals surface area contributed by atoms with E-state index in [1.54, 1.807) is 4.31 Å². The van der Waals surface area contributed by atoms with Crippen LogP contribution in [-0.2, 0) is 10.0 Å². The summed E-state index contributed by atoms with van der Waals surface area (Å²) in [7, 11) is -3.10. The number of hydrogen-bond acceptors (Lipinski definition) is 3. The minimum absolute atomic E-state index is 0.257. The summed E-state index contributed by atoms with van der Waals surface area (Å²) in [6.45, 7) is 5.48. The molecule has 112 valence electrons. The van der Waals surface area contributed by atoms with E-state index in [0.29, 0.717) is 25.0 Å². The van der Waals surface area contributed by atoms with Crippen molar-refractivity contribution in [1.82, 2.24) is 9.62 Å². The first-order valence-electron chi connectivity index (χ1n) is 7.72. The molecule has 0 heterocycles. The van der Waals surface area contributed by atoms with Crippen molar-refractivity contribution < 1.29 is 8.42 Å². The summed E-state index contributed by atoms with van der Waals surface area (Å²) in [5.74, 6) is 0.652. The highest BCUT2D eigenvalue weighted by molar-refractivity contribution is 7.89. The molecule has 2 fully saturated rings. The van der Waals surface area contributed by atoms with Gasteiger partial charge in [-0.3, -0.25) is 0 Å². The lowest BCUT2D eigenvalue weighted by Gasteiger charge is -2.29. The van der Waals surface area contributed by atoms with Gasteiger partial charge in [-0.1, -0.05) is 26.7 Å². The van der Waals surface area contributed by atoms with Crippen molar-refractivity contribution in [2.75, 3.05) is 18.8 Å². The molecule has 0 unspecified atom stereocenters. The Kier molecular flexibility index (Phi) is 5.26. The third kappa shape index (κ3) is 4.72. The van der Waals surface area contributed by atoms with E-state index in [0.717, 1.165) is 12.8 Å². The molecular formula is C14H28N2O2S. The van der Waals surface area contributed by atoms with Crippen LogP contribution < -0.4 is 5.32 Å². The van der Waals surface area contributed by atoms with Crippen LogP contribution in [0.1, 0.15) is 52.4 Å². The van der Waals surface area contributed by atoms with Crippen molar-refractivity contribution >= 4 is 10.0 Å². The largest absolute Gasteiger partial charge is 0.313 e. The zero-order valence-electron chi connectivity index (χ0n) is 12.3. The summed E-state index contributed by atoms with van der Waals surface area (Å²) in [4.78, 5) is 0. The van der Waals surface area contributed by atoms with Crippen molar-refractivity contribution in [2.24, 2.45) is 5.92 Å². The molecule has 0 radical (unpaired) electrons. The molecular weight excluding hydrogens is 260 g/mol. The maximum Gasteiger partial charge on any atom is 0.215 e. The maximum absolute atomic E-state index is 12.5. The second-order valence-electron chi connectivity index (χ2n) is 6.45. The van der Waals surface area contributed by atoms with Gasteiger partial charge in [-0.05, 0) is 31.6 Å². The summed E-state index contributed by atoms with van der Waals surface area (Å²) in [5.41, 5.74) is 0. The van der Waals surface area contributed by atoms with Crippen molar-refractivity contribution in [2.45, 2.75) is 64.5 Å². The van der Waals surface area contributed by atoms with E-state index in [1.807, 2.05) is 0 Å². The van der Waals surface area contributed by atoms with Gasteiger partial charge < -0.3 is 5.32 Å². The lowest BCUT2D eigenvalue weighted by atomic mass is 10.2. The van der Waals surface area contributed by atoms with E-state index in [-0.39, 0.29) is 11.8 Å². The van der Waals surface area contributed by atoms with Gasteiger partial charge in [0.25, 0.3) is 0 Å². The molecule has 0 aliphatic heterocycles. The molecule has 2 aliphatic carbocycles. The highest BCUT2D eigenvalue weighted by Gasteiger charge is 2.32. The first-order chi connectivity index (χ1) is 8.99. The van der Waals surface area contributed by atoms with Gasteiger partial charge in [0.05, 0.1) is 5.75 Å². The highest BCUT2D eigenvalue weighted by atomic mass is 32.2. The van der Waals surface area contributed by atoms with Gasteiger partial charge in [0.1, 0.15) is 0 Å². The molecule has 2 aliphatic rings. The Labute approximate surface area is 118 Å². The van der Waals surface area contributed by atoms with Crippen LogP contribution >= 0.6 is 0 Å². The van der Waals surface area contributed by atoms with Crippen LogP contribution in [0.4, 0.5) is 0 Å². The third-order valence-electron chi connectivity index (χ3n) is 4.00. The number of rotatable bonds is 8. The minimum atomic E-state index is -3.10. The SMILES string of the molecule is CC(C)CN(C1CCCC1)S(=O)(=O)CCNC1CC1. The molecule has 2 saturated carbocycles. The Hall–Kier alpha value is -0.130. The van der Waals surface area contributed by atoms with Gasteiger partial charge in [0, 0.05) is 25.2 Å². The zero-order chi connectivity index (χ0) is 13.9. The summed E-state index contributed by atoms with van der Waals surface area (Å²) in [6, 6.07) is 0.841. The normalized spacial score (nSPS) is 21.7. The zero-order valence-corrected chi connectivity index (χ0v) is 13.1. The van der Waals surface area contributed by atoms with Gasteiger partial charge in [-0.25, -0.2) is 8.42 Å². The van der Waals surface area contributed by atoms with Crippen LogP contribution in [0, 0.1) is 5.92 Å². The lowest BCUT2D eigenvalue weighted by Crippen LogP contribution is -2.44. The maximum atomic E-state index is 12.5. The lowest BCUT2D eigenvalue weighted by molar-refractivity contribution is 0.292. The van der Waals surface area contributed by atoms with Crippen LogP contribution in [0.15, 0.2) is 0 Å². The topological polar surface area (TPSA) is 49.4 Å². The Bertz CT molecular complexity index is 371. The molecule has 4 nitrogen and oxygen atoms in total. The van der Waals surface area contributed by atoms with Crippen LogP contribution in [-0.4, -0.2) is 43.6 Å². The van der Waals surface area contributed by atoms with E-state index < -0.39 is 10.0 Å². The molecule has 0 atom stereocenters. The van der Waals surface area contributed by atoms with Gasteiger partial charge in [-0.2, -0.15) is 4.31 Å². The first-order valence-corrected chi connectivity index (χ1v) is 9.33. The van der Waals surface area contributed by atoms with E-state index in [1.165, 1.54) is 25.7 Å². The Balaban J connectivity index is 1.92. The summed E-state index contributed by atoms with van der Waals surface area (Å²) in [6.07, 6.45) is 6.85. The summed E-state index contributed by atoms with van der Waals surface area (Å²) < 4.78 is 26.9. The molecule has 19 heavy (non-hydrogen) atoms. The second-order valence-corrected chi connectivity index (χ2v) is 8.49. The predicted octanol–water partition coefficient (Wildman–Crippen LogP) is 1.97. The Morgan fingerprint density at radius 3 is 2.32 bits per heavy atom. The molecule has 5 heteroatoms. The van der Waals surface area contributed by atoms with Crippen molar-refractivity contribution in [1.29, 1.82) is 0 Å². The van der Waals surface area contributed by atoms with Crippen LogP contribution in [0.3, 0.4) is 0 Å². The van der Waals surface area contributed by atoms with E-state index in [2.05, 4.69) is 19.2 Å². The quantitative estimate of drug-likeness (QED) is 0.743. The Morgan fingerprint density at radius 1 is 1.16 bits per heavy atom. The van der Waals surface area contributed by atoms with E-state index >= 15 is 0 Å². The molecule has 1 N–H and O–H groups in total. The molecule has 0 aromatic carbocycles. The smallest absolute Gasteiger partial charge is 0.215 e. The molecule has 0 aromatic heterocycles. The molecule has 0 saturated heterocycles. The minimum Gasteiger partial charge on any atom is -0.313 e. The number of sulfonamides is 1. The van der Waals surface area contributed by atoms with E-state index in [9.17, 15) is 8.42 Å². The van der Waals surface area contributed by atoms with Crippen molar-refractivity contribution in [3.05, 3.63) is 0 Å². The van der Waals surface area contributed by atoms with Crippen LogP contribution in [0.25, 0.3) is 0 Å². The molecule has 0 spiro atoms. The second kappa shape index (κ2) is 6.55. The molecule has 0 bridgehead atoms. The Morgan fingerprint density at radius 2 is 1.79 bits per heavy atom. The number of hydrogen-bond donors (Lipinski definition) is 1. The van der Waals surface area contributed by atoms with Crippen molar-refractivity contribution in [3.8, 4) is 0 Å². The van der Waals surface area contributed by atoms with Crippen molar-refractivity contribution in [3.63, 3.8) is 0 Å². The van der Waals surface area contributed by atoms with Crippen LogP contribution in [0.2, 0.25) is 0 Å². The average Bonchev–Trinajstić information content (AvgIpc) is 2.99.